The molecule has 2 nitrogen and oxygen atoms in total. The van der Waals surface area contributed by atoms with E-state index in [1.165, 1.54) is 19.1 Å². The average Bonchev–Trinajstić information content (AvgIpc) is 2.23. The third-order valence-corrected chi connectivity index (χ3v) is 2.00. The van der Waals surface area contributed by atoms with Gasteiger partial charge in [0.05, 0.1) is 0 Å². The monoisotopic (exact) mass is 243 g/mol. The highest BCUT2D eigenvalue weighted by Crippen LogP contribution is 2.15. The maximum absolute atomic E-state index is 13.2. The van der Waals surface area contributed by atoms with E-state index in [1.807, 2.05) is 0 Å². The first-order valence-electron chi connectivity index (χ1n) is 5.06. The highest BCUT2D eigenvalue weighted by Gasteiger charge is 2.08. The zero-order valence-corrected chi connectivity index (χ0v) is 9.27. The molecule has 0 spiro atoms. The molecule has 1 aromatic rings. The fourth-order valence-electron chi connectivity index (χ4n) is 1.24. The van der Waals surface area contributed by atoms with E-state index in [0.29, 0.717) is 19.0 Å². The number of amides is 1. The summed E-state index contributed by atoms with van der Waals surface area (Å²) in [6, 6.07) is 1.40. The summed E-state index contributed by atoms with van der Waals surface area (Å²) in [6.45, 7) is 1.77. The molecule has 5 heteroatoms. The minimum absolute atomic E-state index is 0.148. The van der Waals surface area contributed by atoms with Crippen LogP contribution < -0.4 is 5.32 Å². The van der Waals surface area contributed by atoms with E-state index in [4.69, 9.17) is 0 Å². The summed E-state index contributed by atoms with van der Waals surface area (Å²) >= 11 is 0. The Kier molecular flexibility index (Phi) is 4.75. The molecule has 1 rings (SSSR count). The van der Waals surface area contributed by atoms with Crippen LogP contribution in [0.25, 0.3) is 6.08 Å². The predicted octanol–water partition coefficient (Wildman–Crippen LogP) is 2.64. The van der Waals surface area contributed by atoms with Crippen LogP contribution in [0.4, 0.5) is 13.2 Å². The van der Waals surface area contributed by atoms with Crippen LogP contribution in [0.5, 0.6) is 0 Å². The van der Waals surface area contributed by atoms with Crippen LogP contribution >= 0.6 is 0 Å². The molecule has 0 aliphatic heterocycles. The minimum Gasteiger partial charge on any atom is -0.356 e. The number of benzene rings is 1. The van der Waals surface area contributed by atoms with Crippen molar-refractivity contribution in [3.63, 3.8) is 0 Å². The van der Waals surface area contributed by atoms with Crippen molar-refractivity contribution in [2.45, 2.75) is 13.3 Å². The number of carbonyl (C=O) groups is 1. The lowest BCUT2D eigenvalue weighted by molar-refractivity contribution is -0.118. The summed E-state index contributed by atoms with van der Waals surface area (Å²) in [5.74, 6) is -3.29. The molecular formula is C12H12F3NO. The highest BCUT2D eigenvalue weighted by molar-refractivity contribution is 5.72. The van der Waals surface area contributed by atoms with Crippen molar-refractivity contribution in [2.24, 2.45) is 0 Å². The van der Waals surface area contributed by atoms with E-state index < -0.39 is 17.5 Å². The zero-order chi connectivity index (χ0) is 12.8. The molecule has 1 amide bonds. The number of nitrogens with one attached hydrogen (secondary N) is 1. The molecule has 0 saturated carbocycles. The SMILES string of the molecule is CC(=O)NCCC=Cc1cc(F)cc(F)c1F. The number of carbonyl (C=O) groups excluding carboxylic acids is 1. The fraction of sp³-hybridized carbons (Fsp3) is 0.250. The maximum Gasteiger partial charge on any atom is 0.216 e. The third kappa shape index (κ3) is 4.30. The topological polar surface area (TPSA) is 29.1 Å². The van der Waals surface area contributed by atoms with Gasteiger partial charge in [0.1, 0.15) is 5.82 Å². The second-order valence-electron chi connectivity index (χ2n) is 3.46. The molecule has 0 atom stereocenters. The van der Waals surface area contributed by atoms with Gasteiger partial charge in [-0.2, -0.15) is 0 Å². The second kappa shape index (κ2) is 6.08. The van der Waals surface area contributed by atoms with Crippen LogP contribution in [0.1, 0.15) is 18.9 Å². The van der Waals surface area contributed by atoms with E-state index in [9.17, 15) is 18.0 Å². The van der Waals surface area contributed by atoms with Crippen LogP contribution in [0.2, 0.25) is 0 Å². The van der Waals surface area contributed by atoms with E-state index in [0.717, 1.165) is 6.07 Å². The Hall–Kier alpha value is -1.78. The number of hydrogen-bond acceptors (Lipinski definition) is 1. The van der Waals surface area contributed by atoms with E-state index in [2.05, 4.69) is 5.32 Å². The van der Waals surface area contributed by atoms with Crippen LogP contribution in [-0.4, -0.2) is 12.5 Å². The fourth-order valence-corrected chi connectivity index (χ4v) is 1.24. The van der Waals surface area contributed by atoms with Gasteiger partial charge in [-0.05, 0) is 12.5 Å². The molecular weight excluding hydrogens is 231 g/mol. The van der Waals surface area contributed by atoms with Crippen LogP contribution in [0, 0.1) is 17.5 Å². The maximum atomic E-state index is 13.2. The lowest BCUT2D eigenvalue weighted by atomic mass is 10.1. The molecule has 1 N–H and O–H groups in total. The predicted molar refractivity (Wildman–Crippen MR) is 58.7 cm³/mol. The Morgan fingerprint density at radius 3 is 2.71 bits per heavy atom. The van der Waals surface area contributed by atoms with Gasteiger partial charge in [-0.3, -0.25) is 4.79 Å². The van der Waals surface area contributed by atoms with E-state index in [-0.39, 0.29) is 11.5 Å². The van der Waals surface area contributed by atoms with Crippen molar-refractivity contribution in [1.82, 2.24) is 5.32 Å². The molecule has 0 fully saturated rings. The molecule has 0 heterocycles. The molecule has 0 unspecified atom stereocenters. The molecule has 0 bridgehead atoms. The largest absolute Gasteiger partial charge is 0.356 e. The quantitative estimate of drug-likeness (QED) is 0.639. The van der Waals surface area contributed by atoms with Gasteiger partial charge in [-0.25, -0.2) is 13.2 Å². The summed E-state index contributed by atoms with van der Waals surface area (Å²) in [7, 11) is 0. The first kappa shape index (κ1) is 13.3. The standard InChI is InChI=1S/C12H12F3NO/c1-8(17)16-5-3-2-4-9-6-10(13)7-11(14)12(9)15/h2,4,6-7H,3,5H2,1H3,(H,16,17). The molecule has 0 radical (unpaired) electrons. The van der Waals surface area contributed by atoms with Gasteiger partial charge in [0.15, 0.2) is 11.6 Å². The molecule has 0 aliphatic rings. The Bertz CT molecular complexity index is 444. The molecule has 0 aliphatic carbocycles. The van der Waals surface area contributed by atoms with Gasteiger partial charge in [0, 0.05) is 25.1 Å². The smallest absolute Gasteiger partial charge is 0.216 e. The Morgan fingerprint density at radius 2 is 2.06 bits per heavy atom. The summed E-state index contributed by atoms with van der Waals surface area (Å²) in [4.78, 5) is 10.5. The van der Waals surface area contributed by atoms with E-state index >= 15 is 0 Å². The number of rotatable bonds is 4. The van der Waals surface area contributed by atoms with Crippen molar-refractivity contribution in [2.75, 3.05) is 6.54 Å². The van der Waals surface area contributed by atoms with Crippen molar-refractivity contribution >= 4 is 12.0 Å². The minimum atomic E-state index is -1.22. The lowest BCUT2D eigenvalue weighted by Crippen LogP contribution is -2.20. The normalized spacial score (nSPS) is 10.8. The summed E-state index contributed by atoms with van der Waals surface area (Å²) in [5.41, 5.74) is -0.148. The summed E-state index contributed by atoms with van der Waals surface area (Å²) in [6.07, 6.45) is 3.27. The molecule has 92 valence electrons. The average molecular weight is 243 g/mol. The van der Waals surface area contributed by atoms with Crippen molar-refractivity contribution in [1.29, 1.82) is 0 Å². The molecule has 17 heavy (non-hydrogen) atoms. The Morgan fingerprint density at radius 1 is 1.35 bits per heavy atom. The number of halogens is 3. The van der Waals surface area contributed by atoms with Crippen molar-refractivity contribution in [3.05, 3.63) is 41.2 Å². The van der Waals surface area contributed by atoms with Gasteiger partial charge < -0.3 is 5.32 Å². The third-order valence-electron chi connectivity index (χ3n) is 2.00. The summed E-state index contributed by atoms with van der Waals surface area (Å²) in [5, 5.41) is 2.54. The van der Waals surface area contributed by atoms with Gasteiger partial charge in [-0.1, -0.05) is 12.2 Å². The second-order valence-corrected chi connectivity index (χ2v) is 3.46. The number of hydrogen-bond donors (Lipinski definition) is 1. The van der Waals surface area contributed by atoms with Gasteiger partial charge >= 0.3 is 0 Å². The molecule has 1 aromatic carbocycles. The van der Waals surface area contributed by atoms with Crippen molar-refractivity contribution in [3.8, 4) is 0 Å². The van der Waals surface area contributed by atoms with E-state index in [1.54, 1.807) is 0 Å². The van der Waals surface area contributed by atoms with Crippen molar-refractivity contribution < 1.29 is 18.0 Å². The molecule has 0 saturated heterocycles. The summed E-state index contributed by atoms with van der Waals surface area (Å²) < 4.78 is 38.8. The van der Waals surface area contributed by atoms with Gasteiger partial charge in [0.25, 0.3) is 0 Å². The van der Waals surface area contributed by atoms with Crippen LogP contribution in [0.3, 0.4) is 0 Å². The Balaban J connectivity index is 2.62. The Labute approximate surface area is 97.1 Å². The first-order chi connectivity index (χ1) is 8.00. The lowest BCUT2D eigenvalue weighted by Gasteiger charge is -2.00. The highest BCUT2D eigenvalue weighted by atomic mass is 19.2. The zero-order valence-electron chi connectivity index (χ0n) is 9.27. The molecule has 0 aromatic heterocycles. The van der Waals surface area contributed by atoms with Gasteiger partial charge in [-0.15, -0.1) is 0 Å². The first-order valence-corrected chi connectivity index (χ1v) is 5.06. The van der Waals surface area contributed by atoms with Gasteiger partial charge in [0.2, 0.25) is 5.91 Å². The van der Waals surface area contributed by atoms with Crippen LogP contribution in [0.15, 0.2) is 18.2 Å². The van der Waals surface area contributed by atoms with Crippen LogP contribution in [-0.2, 0) is 4.79 Å².